The highest BCUT2D eigenvalue weighted by molar-refractivity contribution is 7.09. The van der Waals surface area contributed by atoms with Crippen LogP contribution in [-0.2, 0) is 11.3 Å². The van der Waals surface area contributed by atoms with Crippen molar-refractivity contribution >= 4 is 28.2 Å². The Morgan fingerprint density at radius 3 is 2.54 bits per heavy atom. The molecular weight excluding hydrogens is 368 g/mol. The van der Waals surface area contributed by atoms with E-state index in [2.05, 4.69) is 28.6 Å². The number of aromatic nitrogens is 3. The predicted molar refractivity (Wildman–Crippen MR) is 115 cm³/mol. The highest BCUT2D eigenvalue weighted by Gasteiger charge is 2.15. The second-order valence-electron chi connectivity index (χ2n) is 6.67. The zero-order valence-electron chi connectivity index (χ0n) is 16.2. The summed E-state index contributed by atoms with van der Waals surface area (Å²) in [5.74, 6) is 0.687. The van der Waals surface area contributed by atoms with Crippen molar-refractivity contribution in [2.24, 2.45) is 0 Å². The largest absolute Gasteiger partial charge is 0.375 e. The van der Waals surface area contributed by atoms with Gasteiger partial charge in [0.1, 0.15) is 11.1 Å². The molecule has 2 aromatic heterocycles. The van der Waals surface area contributed by atoms with Crippen molar-refractivity contribution < 1.29 is 4.74 Å². The van der Waals surface area contributed by atoms with Crippen molar-refractivity contribution in [1.29, 1.82) is 0 Å². The van der Waals surface area contributed by atoms with Crippen LogP contribution in [0.5, 0.6) is 0 Å². The topological polar surface area (TPSA) is 51.1 Å². The summed E-state index contributed by atoms with van der Waals surface area (Å²) in [7, 11) is 3.70. The Kier molecular flexibility index (Phi) is 5.32. The molecule has 0 aliphatic carbocycles. The summed E-state index contributed by atoms with van der Waals surface area (Å²) in [6.07, 6.45) is 0.00524. The van der Waals surface area contributed by atoms with Gasteiger partial charge in [-0.25, -0.2) is 15.0 Å². The van der Waals surface area contributed by atoms with Crippen molar-refractivity contribution in [1.82, 2.24) is 15.0 Å². The van der Waals surface area contributed by atoms with Crippen LogP contribution in [-0.4, -0.2) is 29.1 Å². The van der Waals surface area contributed by atoms with E-state index in [1.165, 1.54) is 0 Å². The SMILES string of the molecule is COC(C)c1nc(CN(C)c2nc(-c3ccccc3)c3ccccc3n2)cs1. The molecule has 0 aliphatic rings. The maximum atomic E-state index is 5.36. The maximum absolute atomic E-state index is 5.36. The molecule has 0 saturated carbocycles. The van der Waals surface area contributed by atoms with Gasteiger partial charge < -0.3 is 9.64 Å². The number of ether oxygens (including phenoxy) is 1. The van der Waals surface area contributed by atoms with E-state index < -0.39 is 0 Å². The molecule has 0 spiro atoms. The Morgan fingerprint density at radius 1 is 1.00 bits per heavy atom. The van der Waals surface area contributed by atoms with Crippen molar-refractivity contribution in [3.05, 3.63) is 70.7 Å². The summed E-state index contributed by atoms with van der Waals surface area (Å²) < 4.78 is 5.36. The van der Waals surface area contributed by atoms with E-state index in [1.54, 1.807) is 18.4 Å². The lowest BCUT2D eigenvalue weighted by Crippen LogP contribution is -2.19. The van der Waals surface area contributed by atoms with E-state index in [0.29, 0.717) is 12.5 Å². The molecule has 0 N–H and O–H groups in total. The van der Waals surface area contributed by atoms with Gasteiger partial charge in [0.15, 0.2) is 0 Å². The van der Waals surface area contributed by atoms with Gasteiger partial charge in [0, 0.05) is 30.5 Å². The molecule has 0 aliphatic heterocycles. The van der Waals surface area contributed by atoms with Gasteiger partial charge in [0.05, 0.1) is 23.4 Å². The second-order valence-corrected chi connectivity index (χ2v) is 7.56. The average molecular weight is 391 g/mol. The molecule has 142 valence electrons. The van der Waals surface area contributed by atoms with Crippen LogP contribution >= 0.6 is 11.3 Å². The minimum Gasteiger partial charge on any atom is -0.375 e. The normalized spacial score (nSPS) is 12.2. The number of para-hydroxylation sites is 1. The van der Waals surface area contributed by atoms with Crippen LogP contribution in [0.25, 0.3) is 22.2 Å². The van der Waals surface area contributed by atoms with Gasteiger partial charge in [0.25, 0.3) is 0 Å². The van der Waals surface area contributed by atoms with Crippen LogP contribution in [0.4, 0.5) is 5.95 Å². The van der Waals surface area contributed by atoms with Crippen molar-refractivity contribution in [2.75, 3.05) is 19.1 Å². The molecule has 0 radical (unpaired) electrons. The third kappa shape index (κ3) is 3.74. The minimum absolute atomic E-state index is 0.00524. The first kappa shape index (κ1) is 18.5. The summed E-state index contributed by atoms with van der Waals surface area (Å²) >= 11 is 1.62. The Morgan fingerprint density at radius 2 is 1.75 bits per heavy atom. The third-order valence-corrected chi connectivity index (χ3v) is 5.70. The number of benzene rings is 2. The first-order valence-electron chi connectivity index (χ1n) is 9.16. The number of nitrogens with zero attached hydrogens (tertiary/aromatic N) is 4. The van der Waals surface area contributed by atoms with Gasteiger partial charge in [-0.2, -0.15) is 0 Å². The first-order chi connectivity index (χ1) is 13.7. The molecule has 0 saturated heterocycles. The summed E-state index contributed by atoms with van der Waals surface area (Å²) in [5.41, 5.74) is 3.95. The van der Waals surface area contributed by atoms with E-state index in [4.69, 9.17) is 14.7 Å². The van der Waals surface area contributed by atoms with Crippen LogP contribution < -0.4 is 4.90 Å². The van der Waals surface area contributed by atoms with Crippen LogP contribution in [0.1, 0.15) is 23.7 Å². The lowest BCUT2D eigenvalue weighted by Gasteiger charge is -2.18. The van der Waals surface area contributed by atoms with E-state index in [-0.39, 0.29) is 6.10 Å². The Bertz CT molecular complexity index is 1080. The molecule has 1 atom stereocenters. The van der Waals surface area contributed by atoms with Crippen molar-refractivity contribution in [2.45, 2.75) is 19.6 Å². The quantitative estimate of drug-likeness (QED) is 0.459. The van der Waals surface area contributed by atoms with E-state index in [1.807, 2.05) is 55.3 Å². The molecule has 0 fully saturated rings. The molecule has 2 aromatic carbocycles. The van der Waals surface area contributed by atoms with Crippen molar-refractivity contribution in [3.63, 3.8) is 0 Å². The van der Waals surface area contributed by atoms with Crippen LogP contribution in [0.2, 0.25) is 0 Å². The van der Waals surface area contributed by atoms with E-state index in [0.717, 1.165) is 32.9 Å². The van der Waals surface area contributed by atoms with E-state index >= 15 is 0 Å². The van der Waals surface area contributed by atoms with Crippen molar-refractivity contribution in [3.8, 4) is 11.3 Å². The fraction of sp³-hybridized carbons (Fsp3) is 0.227. The number of thiazole rings is 1. The third-order valence-electron chi connectivity index (χ3n) is 4.65. The highest BCUT2D eigenvalue weighted by Crippen LogP contribution is 2.28. The standard InChI is InChI=1S/C22H22N4OS/c1-15(27-3)21-23-17(14-28-21)13-26(2)22-24-19-12-8-7-11-18(19)20(25-22)16-9-5-4-6-10-16/h4-12,14-15H,13H2,1-3H3. The lowest BCUT2D eigenvalue weighted by atomic mass is 10.1. The number of methoxy groups -OCH3 is 1. The fourth-order valence-electron chi connectivity index (χ4n) is 3.05. The van der Waals surface area contributed by atoms with Crippen LogP contribution in [0.15, 0.2) is 60.0 Å². The molecular formula is C22H22N4OS. The molecule has 28 heavy (non-hydrogen) atoms. The van der Waals surface area contributed by atoms with Crippen LogP contribution in [0, 0.1) is 0 Å². The van der Waals surface area contributed by atoms with Gasteiger partial charge in [-0.3, -0.25) is 0 Å². The summed E-state index contributed by atoms with van der Waals surface area (Å²) in [4.78, 5) is 16.4. The fourth-order valence-corrected chi connectivity index (χ4v) is 3.89. The van der Waals surface area contributed by atoms with Gasteiger partial charge in [-0.15, -0.1) is 11.3 Å². The van der Waals surface area contributed by atoms with Crippen LogP contribution in [0.3, 0.4) is 0 Å². The summed E-state index contributed by atoms with van der Waals surface area (Å²) in [6, 6.07) is 18.4. The monoisotopic (exact) mass is 390 g/mol. The minimum atomic E-state index is 0.00524. The molecule has 2 heterocycles. The Balaban J connectivity index is 1.69. The number of anilines is 1. The van der Waals surface area contributed by atoms with Gasteiger partial charge in [-0.1, -0.05) is 48.5 Å². The predicted octanol–water partition coefficient (Wildman–Crippen LogP) is 5.10. The zero-order chi connectivity index (χ0) is 19.5. The molecule has 1 unspecified atom stereocenters. The Hall–Kier alpha value is -2.83. The van der Waals surface area contributed by atoms with Gasteiger partial charge in [0.2, 0.25) is 5.95 Å². The highest BCUT2D eigenvalue weighted by atomic mass is 32.1. The molecule has 0 bridgehead atoms. The molecule has 4 rings (SSSR count). The first-order valence-corrected chi connectivity index (χ1v) is 10.0. The number of hydrogen-bond donors (Lipinski definition) is 0. The van der Waals surface area contributed by atoms with Gasteiger partial charge >= 0.3 is 0 Å². The Labute approximate surface area is 168 Å². The molecule has 4 aromatic rings. The second kappa shape index (κ2) is 8.04. The smallest absolute Gasteiger partial charge is 0.226 e. The summed E-state index contributed by atoms with van der Waals surface area (Å²) in [6.45, 7) is 2.64. The average Bonchev–Trinajstić information content (AvgIpc) is 3.21. The molecule has 0 amide bonds. The lowest BCUT2D eigenvalue weighted by molar-refractivity contribution is 0.119. The molecule has 6 heteroatoms. The number of fused-ring (bicyclic) bond motifs is 1. The van der Waals surface area contributed by atoms with E-state index in [9.17, 15) is 0 Å². The summed E-state index contributed by atoms with van der Waals surface area (Å²) in [5, 5.41) is 4.10. The number of rotatable bonds is 6. The van der Waals surface area contributed by atoms with Gasteiger partial charge in [-0.05, 0) is 13.0 Å². The number of hydrogen-bond acceptors (Lipinski definition) is 6. The maximum Gasteiger partial charge on any atom is 0.226 e. The molecule has 5 nitrogen and oxygen atoms in total. The zero-order valence-corrected chi connectivity index (χ0v) is 17.0.